The number of nitrogens with one attached hydrogen (secondary N) is 1. The molecule has 0 fully saturated rings. The second-order valence-electron chi connectivity index (χ2n) is 6.16. The van der Waals surface area contributed by atoms with Crippen molar-refractivity contribution >= 4 is 5.91 Å². The Morgan fingerprint density at radius 1 is 1.33 bits per heavy atom. The van der Waals surface area contributed by atoms with Gasteiger partial charge in [0, 0.05) is 31.6 Å². The third-order valence-electron chi connectivity index (χ3n) is 4.42. The summed E-state index contributed by atoms with van der Waals surface area (Å²) >= 11 is 0. The Bertz CT molecular complexity index is 721. The van der Waals surface area contributed by atoms with E-state index in [-0.39, 0.29) is 11.8 Å². The molecule has 1 heterocycles. The summed E-state index contributed by atoms with van der Waals surface area (Å²) in [4.78, 5) is 21.5. The summed E-state index contributed by atoms with van der Waals surface area (Å²) < 4.78 is 37.7. The molecule has 3 rings (SSSR count). The molecule has 1 unspecified atom stereocenters. The smallest absolute Gasteiger partial charge is 0.348 e. The molecule has 128 valence electrons. The van der Waals surface area contributed by atoms with Gasteiger partial charge in [0.15, 0.2) is 0 Å². The fourth-order valence-corrected chi connectivity index (χ4v) is 3.07. The number of aryl methyl sites for hydroxylation is 1. The van der Waals surface area contributed by atoms with Gasteiger partial charge in [0.2, 0.25) is 5.91 Å². The highest BCUT2D eigenvalue weighted by Crippen LogP contribution is 2.29. The highest BCUT2D eigenvalue weighted by Gasteiger charge is 2.30. The molecule has 1 aromatic carbocycles. The minimum atomic E-state index is -4.34. The van der Waals surface area contributed by atoms with E-state index in [4.69, 9.17) is 0 Å². The SMILES string of the molecule is CN(Cc1ccc(C(F)(F)F)cc1)C(=O)C1CCc2[nH]cnc2C1. The van der Waals surface area contributed by atoms with Crippen LogP contribution in [0.1, 0.15) is 28.9 Å². The van der Waals surface area contributed by atoms with E-state index in [0.29, 0.717) is 18.5 Å². The van der Waals surface area contributed by atoms with Crippen molar-refractivity contribution in [3.8, 4) is 0 Å². The molecule has 0 saturated heterocycles. The maximum absolute atomic E-state index is 12.6. The molecule has 1 N–H and O–H groups in total. The van der Waals surface area contributed by atoms with E-state index in [9.17, 15) is 18.0 Å². The summed E-state index contributed by atoms with van der Waals surface area (Å²) in [6.45, 7) is 0.293. The number of H-pyrrole nitrogens is 1. The van der Waals surface area contributed by atoms with E-state index in [1.54, 1.807) is 18.3 Å². The largest absolute Gasteiger partial charge is 0.416 e. The average molecular weight is 337 g/mol. The Kier molecular flexibility index (Phi) is 4.34. The number of alkyl halides is 3. The van der Waals surface area contributed by atoms with Gasteiger partial charge >= 0.3 is 6.18 Å². The lowest BCUT2D eigenvalue weighted by Gasteiger charge is -2.26. The number of hydrogen-bond acceptors (Lipinski definition) is 2. The summed E-state index contributed by atoms with van der Waals surface area (Å²) in [6, 6.07) is 4.92. The van der Waals surface area contributed by atoms with E-state index in [1.807, 2.05) is 0 Å². The predicted molar refractivity (Wildman–Crippen MR) is 82.0 cm³/mol. The number of rotatable bonds is 3. The predicted octanol–water partition coefficient (Wildman–Crippen LogP) is 3.19. The standard InChI is InChI=1S/C17H18F3N3O/c1-23(9-11-2-5-13(6-3-11)17(18,19)20)16(24)12-4-7-14-15(8-12)22-10-21-14/h2-3,5-6,10,12H,4,7-9H2,1H3,(H,21,22). The van der Waals surface area contributed by atoms with E-state index in [2.05, 4.69) is 9.97 Å². The monoisotopic (exact) mass is 337 g/mol. The molecule has 0 aliphatic heterocycles. The molecule has 0 saturated carbocycles. The third-order valence-corrected chi connectivity index (χ3v) is 4.42. The molecular weight excluding hydrogens is 319 g/mol. The van der Waals surface area contributed by atoms with Gasteiger partial charge in [0.25, 0.3) is 0 Å². The first-order valence-electron chi connectivity index (χ1n) is 7.77. The number of amides is 1. The van der Waals surface area contributed by atoms with Crippen LogP contribution >= 0.6 is 0 Å². The van der Waals surface area contributed by atoms with E-state index in [1.165, 1.54) is 12.1 Å². The molecule has 24 heavy (non-hydrogen) atoms. The molecule has 0 bridgehead atoms. The van der Waals surface area contributed by atoms with Crippen LogP contribution in [-0.2, 0) is 30.4 Å². The lowest BCUT2D eigenvalue weighted by Crippen LogP contribution is -2.35. The number of fused-ring (bicyclic) bond motifs is 1. The van der Waals surface area contributed by atoms with Crippen LogP contribution in [0.3, 0.4) is 0 Å². The normalized spacial score (nSPS) is 17.4. The second-order valence-corrected chi connectivity index (χ2v) is 6.16. The third kappa shape index (κ3) is 3.44. The Morgan fingerprint density at radius 2 is 2.04 bits per heavy atom. The van der Waals surface area contributed by atoms with Crippen LogP contribution in [0, 0.1) is 5.92 Å². The van der Waals surface area contributed by atoms with Gasteiger partial charge in [-0.1, -0.05) is 12.1 Å². The van der Waals surface area contributed by atoms with Gasteiger partial charge in [-0.25, -0.2) is 4.98 Å². The van der Waals surface area contributed by atoms with Crippen LogP contribution in [0.2, 0.25) is 0 Å². The fraction of sp³-hybridized carbons (Fsp3) is 0.412. The zero-order chi connectivity index (χ0) is 17.3. The van der Waals surface area contributed by atoms with E-state index in [0.717, 1.165) is 36.4 Å². The van der Waals surface area contributed by atoms with Gasteiger partial charge in [0.05, 0.1) is 17.6 Å². The first-order valence-corrected chi connectivity index (χ1v) is 7.77. The Hall–Kier alpha value is -2.31. The topological polar surface area (TPSA) is 49.0 Å². The van der Waals surface area contributed by atoms with Gasteiger partial charge in [0.1, 0.15) is 0 Å². The summed E-state index contributed by atoms with van der Waals surface area (Å²) in [5.74, 6) is -0.121. The van der Waals surface area contributed by atoms with Crippen molar-refractivity contribution in [1.82, 2.24) is 14.9 Å². The van der Waals surface area contributed by atoms with Crippen LogP contribution < -0.4 is 0 Å². The zero-order valence-corrected chi connectivity index (χ0v) is 13.2. The number of nitrogens with zero attached hydrogens (tertiary/aromatic N) is 2. The Balaban J connectivity index is 1.62. The number of hydrogen-bond donors (Lipinski definition) is 1. The number of benzene rings is 1. The van der Waals surface area contributed by atoms with Crippen molar-refractivity contribution in [1.29, 1.82) is 0 Å². The van der Waals surface area contributed by atoms with Gasteiger partial charge in [-0.3, -0.25) is 4.79 Å². The van der Waals surface area contributed by atoms with Gasteiger partial charge < -0.3 is 9.88 Å². The molecule has 1 aliphatic carbocycles. The zero-order valence-electron chi connectivity index (χ0n) is 13.2. The van der Waals surface area contributed by atoms with Gasteiger partial charge in [-0.05, 0) is 30.5 Å². The number of aromatic amines is 1. The molecule has 2 aromatic rings. The molecular formula is C17H18F3N3O. The number of carbonyl (C=O) groups excluding carboxylic acids is 1. The number of imidazole rings is 1. The number of halogens is 3. The Morgan fingerprint density at radius 3 is 2.71 bits per heavy atom. The molecule has 1 atom stereocenters. The maximum Gasteiger partial charge on any atom is 0.416 e. The van der Waals surface area contributed by atoms with Gasteiger partial charge in [-0.2, -0.15) is 13.2 Å². The van der Waals surface area contributed by atoms with Crippen molar-refractivity contribution in [2.75, 3.05) is 7.05 Å². The molecule has 7 heteroatoms. The van der Waals surface area contributed by atoms with E-state index < -0.39 is 11.7 Å². The Labute approximate surface area is 137 Å². The van der Waals surface area contributed by atoms with Crippen LogP contribution in [-0.4, -0.2) is 27.8 Å². The number of carbonyl (C=O) groups is 1. The second kappa shape index (κ2) is 6.30. The fourth-order valence-electron chi connectivity index (χ4n) is 3.07. The number of aromatic nitrogens is 2. The van der Waals surface area contributed by atoms with Crippen molar-refractivity contribution < 1.29 is 18.0 Å². The van der Waals surface area contributed by atoms with Crippen LogP contribution in [0.15, 0.2) is 30.6 Å². The molecule has 0 radical (unpaired) electrons. The van der Waals surface area contributed by atoms with Gasteiger partial charge in [-0.15, -0.1) is 0 Å². The molecule has 1 amide bonds. The molecule has 4 nitrogen and oxygen atoms in total. The summed E-state index contributed by atoms with van der Waals surface area (Å²) in [5.41, 5.74) is 2.01. The molecule has 1 aliphatic rings. The first kappa shape index (κ1) is 16.5. The highest BCUT2D eigenvalue weighted by molar-refractivity contribution is 5.79. The highest BCUT2D eigenvalue weighted by atomic mass is 19.4. The minimum absolute atomic E-state index is 0.00329. The van der Waals surface area contributed by atoms with Crippen molar-refractivity contribution in [2.24, 2.45) is 5.92 Å². The van der Waals surface area contributed by atoms with Crippen LogP contribution in [0.25, 0.3) is 0 Å². The maximum atomic E-state index is 12.6. The lowest BCUT2D eigenvalue weighted by molar-refractivity contribution is -0.138. The summed E-state index contributed by atoms with van der Waals surface area (Å²) in [7, 11) is 1.68. The molecule has 1 aromatic heterocycles. The van der Waals surface area contributed by atoms with E-state index >= 15 is 0 Å². The minimum Gasteiger partial charge on any atom is -0.348 e. The average Bonchev–Trinajstić information content (AvgIpc) is 3.01. The first-order chi connectivity index (χ1) is 11.3. The van der Waals surface area contributed by atoms with Crippen LogP contribution in [0.5, 0.6) is 0 Å². The molecule has 0 spiro atoms. The van der Waals surface area contributed by atoms with Crippen molar-refractivity contribution in [3.05, 3.63) is 53.1 Å². The summed E-state index contributed by atoms with van der Waals surface area (Å²) in [5, 5.41) is 0. The van der Waals surface area contributed by atoms with Crippen molar-refractivity contribution in [3.63, 3.8) is 0 Å². The van der Waals surface area contributed by atoms with Crippen molar-refractivity contribution in [2.45, 2.75) is 32.0 Å². The summed E-state index contributed by atoms with van der Waals surface area (Å²) in [6.07, 6.45) is -0.548. The lowest BCUT2D eigenvalue weighted by atomic mass is 9.88. The quantitative estimate of drug-likeness (QED) is 0.935. The van der Waals surface area contributed by atoms with Crippen LogP contribution in [0.4, 0.5) is 13.2 Å².